The number of unbranched alkanes of at least 4 members (excludes halogenated alkanes) is 16. The molecule has 0 heterocycles. The van der Waals surface area contributed by atoms with E-state index in [4.69, 9.17) is 34.8 Å². The molecule has 5 N–H and O–H groups in total. The highest BCUT2D eigenvalue weighted by molar-refractivity contribution is 7.99. The maximum absolute atomic E-state index is 12.7. The average Bonchev–Trinajstić information content (AvgIpc) is 3.07. The molecule has 2 atom stereocenters. The van der Waals surface area contributed by atoms with Crippen molar-refractivity contribution in [2.45, 2.75) is 167 Å². The first kappa shape index (κ1) is 49.0. The fourth-order valence-corrected chi connectivity index (χ4v) is 6.60. The quantitative estimate of drug-likeness (QED) is 0.0123. The molecule has 0 aliphatic carbocycles. The molecule has 0 rings (SSSR count). The summed E-state index contributed by atoms with van der Waals surface area (Å²) in [5, 5.41) is 2.51. The van der Waals surface area contributed by atoms with Crippen LogP contribution in [0.1, 0.15) is 155 Å². The topological polar surface area (TPSA) is 184 Å². The molecule has 1 amide bonds. The van der Waals surface area contributed by atoms with E-state index in [2.05, 4.69) is 19.2 Å². The Morgan fingerprint density at radius 1 is 0.700 bits per heavy atom. The van der Waals surface area contributed by atoms with Gasteiger partial charge >= 0.3 is 13.6 Å². The molecule has 0 aromatic carbocycles. The van der Waals surface area contributed by atoms with Crippen LogP contribution in [-0.4, -0.2) is 83.8 Å². The summed E-state index contributed by atoms with van der Waals surface area (Å²) in [4.78, 5) is 64.9. The van der Waals surface area contributed by atoms with Gasteiger partial charge in [-0.25, -0.2) is 9.78 Å². The predicted octanol–water partition coefficient (Wildman–Crippen LogP) is 7.37. The number of carbonyl (C=O) groups excluding carboxylic acids is 3. The van der Waals surface area contributed by atoms with Crippen LogP contribution in [0.15, 0.2) is 0 Å². The molecular weight excluding hydrogens is 683 g/mol. The van der Waals surface area contributed by atoms with E-state index in [-0.39, 0.29) is 44.5 Å². The molecule has 50 heavy (non-hydrogen) atoms. The zero-order chi connectivity index (χ0) is 37.1. The number of carbonyl (C=O) groups is 3. The summed E-state index contributed by atoms with van der Waals surface area (Å²) < 4.78 is 21.6. The van der Waals surface area contributed by atoms with Gasteiger partial charge in [0.05, 0.1) is 25.4 Å². The number of hydrogen-bond acceptors (Lipinski definition) is 10. The van der Waals surface area contributed by atoms with E-state index in [1.54, 1.807) is 0 Å². The summed E-state index contributed by atoms with van der Waals surface area (Å²) in [6, 6.07) is -0.828. The van der Waals surface area contributed by atoms with Gasteiger partial charge in [0.1, 0.15) is 18.5 Å². The molecule has 2 unspecified atom stereocenters. The van der Waals surface area contributed by atoms with Gasteiger partial charge in [-0.2, -0.15) is 11.8 Å². The number of ketones is 1. The van der Waals surface area contributed by atoms with Crippen molar-refractivity contribution in [2.24, 2.45) is 5.73 Å². The van der Waals surface area contributed by atoms with E-state index in [1.807, 2.05) is 0 Å². The molecule has 0 aromatic rings. The van der Waals surface area contributed by atoms with Gasteiger partial charge in [0.15, 0.2) is 6.73 Å². The maximum Gasteiger partial charge on any atom is 0.327 e. The minimum absolute atomic E-state index is 0.0138. The normalized spacial score (nSPS) is 12.9. The van der Waals surface area contributed by atoms with E-state index in [0.29, 0.717) is 37.2 Å². The number of Topliss-reactive ketones (excluding diaryl/α,β-unsaturated/α-hetero) is 1. The van der Waals surface area contributed by atoms with Gasteiger partial charge in [-0.3, -0.25) is 18.9 Å². The van der Waals surface area contributed by atoms with Crippen LogP contribution in [0.3, 0.4) is 0 Å². The fourth-order valence-electron chi connectivity index (χ4n) is 5.19. The number of nitrogens with two attached hydrogens (primary N) is 1. The van der Waals surface area contributed by atoms with E-state index < -0.39 is 25.6 Å². The van der Waals surface area contributed by atoms with Gasteiger partial charge in [-0.1, -0.05) is 117 Å². The molecule has 0 aliphatic heterocycles. The molecule has 0 radical (unpaired) electrons. The Balaban J connectivity index is 4.44. The maximum atomic E-state index is 12.7. The van der Waals surface area contributed by atoms with Gasteiger partial charge < -0.3 is 30.3 Å². The Morgan fingerprint density at radius 3 is 1.80 bits per heavy atom. The number of ether oxygens (including phenoxy) is 2. The number of amides is 1. The summed E-state index contributed by atoms with van der Waals surface area (Å²) in [5.74, 6) is 0.255. The lowest BCUT2D eigenvalue weighted by Crippen LogP contribution is -2.43. The fraction of sp³-hybridized carbons (Fsp3) is 0.917. The molecule has 12 nitrogen and oxygen atoms in total. The van der Waals surface area contributed by atoms with Crippen LogP contribution in [0.2, 0.25) is 0 Å². The van der Waals surface area contributed by atoms with E-state index in [0.717, 1.165) is 32.1 Å². The lowest BCUT2D eigenvalue weighted by molar-refractivity contribution is -0.302. The lowest BCUT2D eigenvalue weighted by Gasteiger charge is -2.19. The van der Waals surface area contributed by atoms with E-state index >= 15 is 0 Å². The molecule has 0 aromatic heterocycles. The van der Waals surface area contributed by atoms with Crippen molar-refractivity contribution >= 4 is 37.0 Å². The second kappa shape index (κ2) is 35.0. The summed E-state index contributed by atoms with van der Waals surface area (Å²) in [6.45, 7) is 4.18. The van der Waals surface area contributed by atoms with Gasteiger partial charge in [0.25, 0.3) is 0 Å². The Kier molecular flexibility index (Phi) is 34.3. The van der Waals surface area contributed by atoms with Crippen molar-refractivity contribution < 1.29 is 48.0 Å². The number of thioether (sulfide) groups is 1. The van der Waals surface area contributed by atoms with Crippen LogP contribution in [-0.2, 0) is 38.2 Å². The predicted molar refractivity (Wildman–Crippen MR) is 201 cm³/mol. The SMILES string of the molecule is CCCCCCCCCCCC(=O)CCC(CSCC(N)C(=O)NCOOCCOCCP(=O)(O)O)OC(=O)CCCCCCCCCCC. The molecule has 0 spiro atoms. The third-order valence-electron chi connectivity index (χ3n) is 8.25. The zero-order valence-corrected chi connectivity index (χ0v) is 33.0. The molecule has 14 heteroatoms. The standard InChI is InChI=1S/C36H71N2O10PS/c1-3-5-7-9-11-13-15-17-19-21-32(39)23-24-33(48-35(40)22-20-18-16-14-12-10-8-6-4-2)29-50-30-34(37)36(41)38-31-47-46-26-25-45-27-28-49(42,43)44/h33-34H,3-31,37H2,1-2H3,(H,38,41)(H2,42,43,44). The van der Waals surface area contributed by atoms with Gasteiger partial charge in [-0.15, -0.1) is 0 Å². The third-order valence-corrected chi connectivity index (χ3v) is 10.2. The second-order valence-corrected chi connectivity index (χ2v) is 16.0. The van der Waals surface area contributed by atoms with Crippen LogP contribution in [0.5, 0.6) is 0 Å². The molecule has 0 saturated heterocycles. The lowest BCUT2D eigenvalue weighted by atomic mass is 10.0. The first-order chi connectivity index (χ1) is 24.1. The Bertz CT molecular complexity index is 880. The number of hydrogen-bond donors (Lipinski definition) is 4. The zero-order valence-electron chi connectivity index (χ0n) is 31.3. The molecule has 0 fully saturated rings. The van der Waals surface area contributed by atoms with Gasteiger partial charge in [0, 0.05) is 30.8 Å². The van der Waals surface area contributed by atoms with Crippen LogP contribution in [0, 0.1) is 0 Å². The second-order valence-electron chi connectivity index (χ2n) is 13.1. The first-order valence-electron chi connectivity index (χ1n) is 19.3. The first-order valence-corrected chi connectivity index (χ1v) is 22.2. The van der Waals surface area contributed by atoms with Crippen LogP contribution in [0.4, 0.5) is 0 Å². The van der Waals surface area contributed by atoms with Crippen molar-refractivity contribution in [1.29, 1.82) is 0 Å². The van der Waals surface area contributed by atoms with E-state index in [9.17, 15) is 18.9 Å². The molecule has 0 bridgehead atoms. The van der Waals surface area contributed by atoms with Crippen molar-refractivity contribution in [3.8, 4) is 0 Å². The third kappa shape index (κ3) is 35.4. The Labute approximate surface area is 306 Å². The van der Waals surface area contributed by atoms with Crippen molar-refractivity contribution in [3.05, 3.63) is 0 Å². The number of esters is 1. The summed E-state index contributed by atoms with van der Waals surface area (Å²) in [7, 11) is -4.10. The molecule has 0 aliphatic rings. The smallest absolute Gasteiger partial charge is 0.327 e. The Hall–Kier alpha value is -1.05. The minimum atomic E-state index is -4.10. The van der Waals surface area contributed by atoms with Gasteiger partial charge in [0.2, 0.25) is 5.91 Å². The molecule has 296 valence electrons. The highest BCUT2D eigenvalue weighted by Crippen LogP contribution is 2.33. The minimum Gasteiger partial charge on any atom is -0.461 e. The van der Waals surface area contributed by atoms with Crippen molar-refractivity contribution in [2.75, 3.05) is 44.2 Å². The molecular formula is C36H71N2O10PS. The summed E-state index contributed by atoms with van der Waals surface area (Å²) >= 11 is 1.41. The highest BCUT2D eigenvalue weighted by atomic mass is 32.2. The highest BCUT2D eigenvalue weighted by Gasteiger charge is 2.19. The van der Waals surface area contributed by atoms with Crippen LogP contribution >= 0.6 is 19.4 Å². The molecule has 0 saturated carbocycles. The largest absolute Gasteiger partial charge is 0.461 e. The van der Waals surface area contributed by atoms with Crippen molar-refractivity contribution in [3.63, 3.8) is 0 Å². The summed E-state index contributed by atoms with van der Waals surface area (Å²) in [5.41, 5.74) is 6.04. The van der Waals surface area contributed by atoms with Crippen LogP contribution < -0.4 is 11.1 Å². The Morgan fingerprint density at radius 2 is 1.24 bits per heavy atom. The van der Waals surface area contributed by atoms with Crippen LogP contribution in [0.25, 0.3) is 0 Å². The summed E-state index contributed by atoms with van der Waals surface area (Å²) in [6.07, 6.45) is 22.3. The average molecular weight is 755 g/mol. The number of nitrogens with one attached hydrogen (secondary N) is 1. The van der Waals surface area contributed by atoms with Crippen molar-refractivity contribution in [1.82, 2.24) is 5.32 Å². The van der Waals surface area contributed by atoms with E-state index in [1.165, 1.54) is 95.2 Å². The monoisotopic (exact) mass is 754 g/mol. The number of rotatable bonds is 38. The van der Waals surface area contributed by atoms with Gasteiger partial charge in [-0.05, 0) is 19.3 Å².